The second-order valence-electron chi connectivity index (χ2n) is 10.8. The van der Waals surface area contributed by atoms with E-state index in [-0.39, 0.29) is 23.5 Å². The van der Waals surface area contributed by atoms with Gasteiger partial charge in [0.2, 0.25) is 15.9 Å². The number of hydrogen-bond acceptors (Lipinski definition) is 5. The summed E-state index contributed by atoms with van der Waals surface area (Å²) in [5.41, 5.74) is 5.98. The fourth-order valence-electron chi connectivity index (χ4n) is 4.62. The Kier molecular flexibility index (Phi) is 8.27. The van der Waals surface area contributed by atoms with Gasteiger partial charge in [0.25, 0.3) is 5.56 Å². The first-order valence-corrected chi connectivity index (χ1v) is 14.6. The standard InChI is InChI=1S/C29H34FN5O4S/c1-5-6-11-26-32-23-14-15-34(18-25(31)36)28(37)27(23)35(26)17-20-13-12-19(16-22(20)30)21-9-7-8-10-24(21)40(38,39)33-29(2,3)4/h7-10,12-16,33H,5-6,11,17-18H2,1-4H3,(H2,31,36). The molecule has 0 aliphatic rings. The molecule has 0 atom stereocenters. The Hall–Kier alpha value is -3.83. The summed E-state index contributed by atoms with van der Waals surface area (Å²) in [5, 5.41) is 0. The average molecular weight is 568 g/mol. The Bertz CT molecular complexity index is 1740. The maximum atomic E-state index is 15.6. The van der Waals surface area contributed by atoms with E-state index in [1.165, 1.54) is 22.9 Å². The lowest BCUT2D eigenvalue weighted by molar-refractivity contribution is -0.118. The molecule has 0 radical (unpaired) electrons. The number of sulfonamides is 1. The van der Waals surface area contributed by atoms with Gasteiger partial charge in [-0.25, -0.2) is 22.5 Å². The van der Waals surface area contributed by atoms with Crippen LogP contribution < -0.4 is 16.0 Å². The SMILES string of the molecule is CCCCc1nc2ccn(CC(N)=O)c(=O)c2n1Cc1ccc(-c2ccccc2S(=O)(=O)NC(C)(C)C)cc1F. The molecule has 0 bridgehead atoms. The van der Waals surface area contributed by atoms with Gasteiger partial charge in [-0.05, 0) is 51.0 Å². The highest BCUT2D eigenvalue weighted by molar-refractivity contribution is 7.89. The summed E-state index contributed by atoms with van der Waals surface area (Å²) in [6.07, 6.45) is 3.80. The molecule has 4 aromatic rings. The number of unbranched alkanes of at least 4 members (excludes halogenated alkanes) is 1. The van der Waals surface area contributed by atoms with E-state index in [2.05, 4.69) is 9.71 Å². The third kappa shape index (κ3) is 6.31. The number of rotatable bonds is 10. The zero-order valence-electron chi connectivity index (χ0n) is 23.1. The fourth-order valence-corrected chi connectivity index (χ4v) is 6.27. The lowest BCUT2D eigenvalue weighted by atomic mass is 10.0. The first-order valence-electron chi connectivity index (χ1n) is 13.1. The van der Waals surface area contributed by atoms with Crippen molar-refractivity contribution in [1.29, 1.82) is 0 Å². The van der Waals surface area contributed by atoms with Gasteiger partial charge in [0.05, 0.1) is 17.0 Å². The number of nitrogens with two attached hydrogens (primary N) is 1. The highest BCUT2D eigenvalue weighted by atomic mass is 32.2. The van der Waals surface area contributed by atoms with Gasteiger partial charge in [0.1, 0.15) is 23.7 Å². The van der Waals surface area contributed by atoms with Crippen LogP contribution in [0.5, 0.6) is 0 Å². The third-order valence-corrected chi connectivity index (χ3v) is 8.16. The van der Waals surface area contributed by atoms with Crippen LogP contribution in [0.1, 0.15) is 51.9 Å². The largest absolute Gasteiger partial charge is 0.368 e. The minimum Gasteiger partial charge on any atom is -0.368 e. The maximum Gasteiger partial charge on any atom is 0.277 e. The second-order valence-corrected chi connectivity index (χ2v) is 12.5. The number of amides is 1. The van der Waals surface area contributed by atoms with Crippen LogP contribution >= 0.6 is 0 Å². The van der Waals surface area contributed by atoms with E-state index in [0.29, 0.717) is 34.5 Å². The Morgan fingerprint density at radius 1 is 1.12 bits per heavy atom. The van der Waals surface area contributed by atoms with Crippen LogP contribution in [0, 0.1) is 5.82 Å². The van der Waals surface area contributed by atoms with Crippen molar-refractivity contribution >= 4 is 27.0 Å². The molecular formula is C29H34FN5O4S. The van der Waals surface area contributed by atoms with Gasteiger partial charge in [-0.15, -0.1) is 0 Å². The van der Waals surface area contributed by atoms with Crippen molar-refractivity contribution in [3.63, 3.8) is 0 Å². The molecule has 212 valence electrons. The molecule has 0 saturated carbocycles. The van der Waals surface area contributed by atoms with Crippen LogP contribution in [0.15, 0.2) is 64.4 Å². The molecular weight excluding hydrogens is 533 g/mol. The van der Waals surface area contributed by atoms with Gasteiger partial charge in [-0.3, -0.25) is 9.59 Å². The number of aryl methyl sites for hydroxylation is 1. The number of benzene rings is 2. The Balaban J connectivity index is 1.77. The number of fused-ring (bicyclic) bond motifs is 1. The minimum atomic E-state index is -3.87. The molecule has 40 heavy (non-hydrogen) atoms. The maximum absolute atomic E-state index is 15.6. The van der Waals surface area contributed by atoms with Crippen LogP contribution in [0.3, 0.4) is 0 Å². The second kappa shape index (κ2) is 11.3. The van der Waals surface area contributed by atoms with Gasteiger partial charge < -0.3 is 14.9 Å². The monoisotopic (exact) mass is 567 g/mol. The number of pyridine rings is 1. The molecule has 3 N–H and O–H groups in total. The van der Waals surface area contributed by atoms with E-state index in [1.807, 2.05) is 6.92 Å². The fraction of sp³-hybridized carbons (Fsp3) is 0.345. The topological polar surface area (TPSA) is 129 Å². The summed E-state index contributed by atoms with van der Waals surface area (Å²) in [7, 11) is -3.87. The predicted molar refractivity (Wildman–Crippen MR) is 153 cm³/mol. The van der Waals surface area contributed by atoms with Crippen LogP contribution in [-0.2, 0) is 34.3 Å². The van der Waals surface area contributed by atoms with Crippen molar-refractivity contribution < 1.29 is 17.6 Å². The van der Waals surface area contributed by atoms with Gasteiger partial charge in [0.15, 0.2) is 0 Å². The van der Waals surface area contributed by atoms with E-state index in [4.69, 9.17) is 5.73 Å². The highest BCUT2D eigenvalue weighted by Crippen LogP contribution is 2.30. The number of nitrogens with one attached hydrogen (secondary N) is 1. The first-order chi connectivity index (χ1) is 18.8. The van der Waals surface area contributed by atoms with E-state index in [9.17, 15) is 18.0 Å². The minimum absolute atomic E-state index is 0.0308. The number of carbonyl (C=O) groups excluding carboxylic acids is 1. The normalized spacial score (nSPS) is 12.2. The molecule has 2 aromatic carbocycles. The summed E-state index contributed by atoms with van der Waals surface area (Å²) in [5.74, 6) is -0.565. The van der Waals surface area contributed by atoms with Crippen molar-refractivity contribution in [2.24, 2.45) is 5.73 Å². The van der Waals surface area contributed by atoms with E-state index in [0.717, 1.165) is 12.8 Å². The smallest absolute Gasteiger partial charge is 0.277 e. The van der Waals surface area contributed by atoms with E-state index in [1.54, 1.807) is 61.7 Å². The average Bonchev–Trinajstić information content (AvgIpc) is 3.21. The summed E-state index contributed by atoms with van der Waals surface area (Å²) < 4.78 is 47.4. The van der Waals surface area contributed by atoms with Gasteiger partial charge in [-0.1, -0.05) is 43.7 Å². The molecule has 0 unspecified atom stereocenters. The number of carbonyl (C=O) groups is 1. The Morgan fingerprint density at radius 2 is 1.85 bits per heavy atom. The van der Waals surface area contributed by atoms with E-state index >= 15 is 4.39 Å². The molecule has 11 heteroatoms. The summed E-state index contributed by atoms with van der Waals surface area (Å²) in [6.45, 7) is 7.04. The lowest BCUT2D eigenvalue weighted by Crippen LogP contribution is -2.40. The van der Waals surface area contributed by atoms with Crippen LogP contribution in [0.4, 0.5) is 4.39 Å². The molecule has 0 saturated heterocycles. The first kappa shape index (κ1) is 29.2. The molecule has 1 amide bonds. The lowest BCUT2D eigenvalue weighted by Gasteiger charge is -2.21. The number of imidazole rings is 1. The van der Waals surface area contributed by atoms with Gasteiger partial charge >= 0.3 is 0 Å². The Labute approximate surface area is 232 Å². The van der Waals surface area contributed by atoms with Crippen LogP contribution in [0.2, 0.25) is 0 Å². The van der Waals surface area contributed by atoms with Crippen molar-refractivity contribution in [3.05, 3.63) is 82.3 Å². The number of aromatic nitrogens is 3. The molecule has 4 rings (SSSR count). The third-order valence-electron chi connectivity index (χ3n) is 6.34. The molecule has 0 aliphatic heterocycles. The molecule has 2 heterocycles. The summed E-state index contributed by atoms with van der Waals surface area (Å²) in [6, 6.07) is 12.7. The van der Waals surface area contributed by atoms with Crippen LogP contribution in [-0.4, -0.2) is 34.0 Å². The Morgan fingerprint density at radius 3 is 2.50 bits per heavy atom. The summed E-state index contributed by atoms with van der Waals surface area (Å²) in [4.78, 5) is 29.4. The predicted octanol–water partition coefficient (Wildman–Crippen LogP) is 3.96. The van der Waals surface area contributed by atoms with Gasteiger partial charge in [0, 0.05) is 29.3 Å². The molecule has 0 aliphatic carbocycles. The number of hydrogen-bond donors (Lipinski definition) is 2. The number of nitrogens with zero attached hydrogens (tertiary/aromatic N) is 3. The van der Waals surface area contributed by atoms with Crippen molar-refractivity contribution in [3.8, 4) is 11.1 Å². The van der Waals surface area contributed by atoms with Crippen LogP contribution in [0.25, 0.3) is 22.2 Å². The molecule has 0 fully saturated rings. The number of primary amides is 1. The summed E-state index contributed by atoms with van der Waals surface area (Å²) >= 11 is 0. The van der Waals surface area contributed by atoms with Crippen molar-refractivity contribution in [1.82, 2.24) is 18.8 Å². The van der Waals surface area contributed by atoms with Gasteiger partial charge in [-0.2, -0.15) is 0 Å². The zero-order chi connectivity index (χ0) is 29.2. The van der Waals surface area contributed by atoms with E-state index < -0.39 is 32.8 Å². The molecule has 9 nitrogen and oxygen atoms in total. The molecule has 0 spiro atoms. The van der Waals surface area contributed by atoms with Crippen molar-refractivity contribution in [2.45, 2.75) is 70.5 Å². The zero-order valence-corrected chi connectivity index (χ0v) is 23.9. The number of halogens is 1. The highest BCUT2D eigenvalue weighted by Gasteiger charge is 2.25. The van der Waals surface area contributed by atoms with Crippen molar-refractivity contribution in [2.75, 3.05) is 0 Å². The molecule has 2 aromatic heterocycles. The quantitative estimate of drug-likeness (QED) is 0.300.